The van der Waals surface area contributed by atoms with Crippen molar-refractivity contribution in [2.24, 2.45) is 10.7 Å². The van der Waals surface area contributed by atoms with Crippen LogP contribution in [0.1, 0.15) is 40.1 Å². The topological polar surface area (TPSA) is 122 Å². The van der Waals surface area contributed by atoms with Crippen molar-refractivity contribution in [1.82, 2.24) is 24.8 Å². The first-order chi connectivity index (χ1) is 17.7. The highest BCUT2D eigenvalue weighted by molar-refractivity contribution is 5.95. The summed E-state index contributed by atoms with van der Waals surface area (Å²) in [6, 6.07) is 10.3. The standard InChI is InChI=1S/C25H23F3N8O/c1-15(19-4-3-5-20-22(19)32-11-10-31-20)36(14-18-8-7-17(13-33-18)25(26,27)28)23(37)16-6-9-21(34-12-16)35-24(29)30-2/h3-13,15H,14H2,1-2H3,(H3,29,30,34,35). The van der Waals surface area contributed by atoms with Crippen molar-refractivity contribution in [2.75, 3.05) is 12.4 Å². The van der Waals surface area contributed by atoms with E-state index in [1.807, 2.05) is 25.1 Å². The second-order valence-electron chi connectivity index (χ2n) is 8.08. The van der Waals surface area contributed by atoms with Crippen LogP contribution in [0.25, 0.3) is 11.0 Å². The monoisotopic (exact) mass is 508 g/mol. The molecule has 0 aliphatic rings. The van der Waals surface area contributed by atoms with Crippen molar-refractivity contribution < 1.29 is 18.0 Å². The van der Waals surface area contributed by atoms with Gasteiger partial charge in [0.25, 0.3) is 5.91 Å². The first kappa shape index (κ1) is 25.5. The summed E-state index contributed by atoms with van der Waals surface area (Å²) in [4.78, 5) is 35.9. The highest BCUT2D eigenvalue weighted by Gasteiger charge is 2.31. The predicted molar refractivity (Wildman–Crippen MR) is 132 cm³/mol. The van der Waals surface area contributed by atoms with Gasteiger partial charge in [0, 0.05) is 37.4 Å². The maximum atomic E-state index is 13.7. The molecular formula is C25H23F3N8O. The molecule has 0 spiro atoms. The molecule has 1 aromatic carbocycles. The number of aliphatic imine (C=N–C) groups is 1. The zero-order chi connectivity index (χ0) is 26.6. The number of carbonyl (C=O) groups excluding carboxylic acids is 1. The molecule has 3 N–H and O–H groups in total. The number of rotatable bonds is 6. The molecule has 1 atom stereocenters. The Morgan fingerprint density at radius 1 is 1.05 bits per heavy atom. The van der Waals surface area contributed by atoms with Gasteiger partial charge in [-0.2, -0.15) is 13.2 Å². The Labute approximate surface area is 210 Å². The summed E-state index contributed by atoms with van der Waals surface area (Å²) in [7, 11) is 1.52. The first-order valence-corrected chi connectivity index (χ1v) is 11.2. The Hall–Kier alpha value is -4.61. The summed E-state index contributed by atoms with van der Waals surface area (Å²) in [5.41, 5.74) is 7.34. The largest absolute Gasteiger partial charge is 0.417 e. The fourth-order valence-electron chi connectivity index (χ4n) is 3.71. The summed E-state index contributed by atoms with van der Waals surface area (Å²) < 4.78 is 39.1. The zero-order valence-corrected chi connectivity index (χ0v) is 19.9. The maximum Gasteiger partial charge on any atom is 0.417 e. The van der Waals surface area contributed by atoms with Crippen LogP contribution >= 0.6 is 0 Å². The first-order valence-electron chi connectivity index (χ1n) is 11.2. The molecule has 0 aliphatic heterocycles. The average Bonchev–Trinajstić information content (AvgIpc) is 2.90. The zero-order valence-electron chi connectivity index (χ0n) is 19.9. The Kier molecular flexibility index (Phi) is 7.27. The molecule has 3 aromatic heterocycles. The van der Waals surface area contributed by atoms with E-state index in [0.717, 1.165) is 17.8 Å². The van der Waals surface area contributed by atoms with E-state index in [2.05, 4.69) is 30.2 Å². The molecule has 1 unspecified atom stereocenters. The van der Waals surface area contributed by atoms with E-state index >= 15 is 0 Å². The molecule has 0 saturated heterocycles. The van der Waals surface area contributed by atoms with Crippen molar-refractivity contribution in [3.63, 3.8) is 0 Å². The van der Waals surface area contributed by atoms with Crippen LogP contribution in [0.2, 0.25) is 0 Å². The van der Waals surface area contributed by atoms with Crippen LogP contribution < -0.4 is 11.1 Å². The van der Waals surface area contributed by atoms with Crippen LogP contribution in [0.5, 0.6) is 0 Å². The summed E-state index contributed by atoms with van der Waals surface area (Å²) in [6.07, 6.45) is 0.764. The van der Waals surface area contributed by atoms with Gasteiger partial charge in [0.2, 0.25) is 0 Å². The number of alkyl halides is 3. The summed E-state index contributed by atoms with van der Waals surface area (Å²) in [6.45, 7) is 1.76. The van der Waals surface area contributed by atoms with Gasteiger partial charge in [-0.1, -0.05) is 12.1 Å². The van der Waals surface area contributed by atoms with Gasteiger partial charge in [-0.3, -0.25) is 24.7 Å². The SMILES string of the molecule is CN=C(N)Nc1ccc(C(=O)N(Cc2ccc(C(F)(F)F)cn2)C(C)c2cccc3nccnc23)cn1. The molecule has 1 amide bonds. The molecule has 0 fully saturated rings. The van der Waals surface area contributed by atoms with E-state index < -0.39 is 23.7 Å². The van der Waals surface area contributed by atoms with Crippen molar-refractivity contribution in [3.8, 4) is 0 Å². The number of hydrogen-bond donors (Lipinski definition) is 2. The van der Waals surface area contributed by atoms with Gasteiger partial charge in [-0.05, 0) is 37.3 Å². The molecule has 0 aliphatic carbocycles. The van der Waals surface area contributed by atoms with Crippen molar-refractivity contribution in [3.05, 3.63) is 89.6 Å². The summed E-state index contributed by atoms with van der Waals surface area (Å²) in [5.74, 6) is 0.159. The number of amides is 1. The number of guanidine groups is 1. The number of carbonyl (C=O) groups is 1. The third-order valence-corrected chi connectivity index (χ3v) is 5.70. The second-order valence-corrected chi connectivity index (χ2v) is 8.08. The minimum Gasteiger partial charge on any atom is -0.370 e. The number of hydrogen-bond acceptors (Lipinski definition) is 6. The number of nitrogens with one attached hydrogen (secondary N) is 1. The maximum absolute atomic E-state index is 13.7. The summed E-state index contributed by atoms with van der Waals surface area (Å²) >= 11 is 0. The van der Waals surface area contributed by atoms with E-state index in [4.69, 9.17) is 5.73 Å². The third kappa shape index (κ3) is 5.80. The smallest absolute Gasteiger partial charge is 0.370 e. The highest BCUT2D eigenvalue weighted by Crippen LogP contribution is 2.31. The average molecular weight is 509 g/mol. The van der Waals surface area contributed by atoms with Gasteiger partial charge < -0.3 is 16.0 Å². The Morgan fingerprint density at radius 3 is 2.49 bits per heavy atom. The van der Waals surface area contributed by atoms with Gasteiger partial charge in [-0.25, -0.2) is 4.98 Å². The fourth-order valence-corrected chi connectivity index (χ4v) is 3.71. The van der Waals surface area contributed by atoms with Gasteiger partial charge in [0.05, 0.1) is 40.4 Å². The molecule has 0 radical (unpaired) electrons. The second kappa shape index (κ2) is 10.6. The minimum absolute atomic E-state index is 0.0514. The number of benzene rings is 1. The van der Waals surface area contributed by atoms with E-state index in [-0.39, 0.29) is 23.8 Å². The number of nitrogens with zero attached hydrogens (tertiary/aromatic N) is 6. The quantitative estimate of drug-likeness (QED) is 0.296. The molecule has 4 aromatic rings. The van der Waals surface area contributed by atoms with Gasteiger partial charge >= 0.3 is 6.18 Å². The lowest BCUT2D eigenvalue weighted by atomic mass is 10.0. The molecule has 12 heteroatoms. The molecule has 3 heterocycles. The van der Waals surface area contributed by atoms with E-state index in [1.54, 1.807) is 24.5 Å². The van der Waals surface area contributed by atoms with E-state index in [1.165, 1.54) is 24.2 Å². The molecule has 190 valence electrons. The van der Waals surface area contributed by atoms with Crippen LogP contribution in [-0.2, 0) is 12.7 Å². The predicted octanol–water partition coefficient (Wildman–Crippen LogP) is 4.20. The lowest BCUT2D eigenvalue weighted by molar-refractivity contribution is -0.137. The Balaban J connectivity index is 1.70. The van der Waals surface area contributed by atoms with Crippen molar-refractivity contribution in [1.29, 1.82) is 0 Å². The Morgan fingerprint density at radius 2 is 1.84 bits per heavy atom. The number of nitrogens with two attached hydrogens (primary N) is 1. The molecule has 37 heavy (non-hydrogen) atoms. The fraction of sp³-hybridized carbons (Fsp3) is 0.200. The normalized spacial score (nSPS) is 12.8. The molecule has 4 rings (SSSR count). The number of anilines is 1. The number of pyridine rings is 2. The van der Waals surface area contributed by atoms with E-state index in [9.17, 15) is 18.0 Å². The van der Waals surface area contributed by atoms with E-state index in [0.29, 0.717) is 16.9 Å². The summed E-state index contributed by atoms with van der Waals surface area (Å²) in [5, 5.41) is 2.79. The van der Waals surface area contributed by atoms with Crippen molar-refractivity contribution in [2.45, 2.75) is 25.7 Å². The number of para-hydroxylation sites is 1. The molecule has 0 saturated carbocycles. The lowest BCUT2D eigenvalue weighted by Gasteiger charge is -2.30. The van der Waals surface area contributed by atoms with Crippen LogP contribution in [0.15, 0.2) is 72.2 Å². The Bertz CT molecular complexity index is 1420. The highest BCUT2D eigenvalue weighted by atomic mass is 19.4. The lowest BCUT2D eigenvalue weighted by Crippen LogP contribution is -2.34. The number of halogens is 3. The van der Waals surface area contributed by atoms with Crippen LogP contribution in [-0.4, -0.2) is 43.8 Å². The molecule has 0 bridgehead atoms. The van der Waals surface area contributed by atoms with Crippen LogP contribution in [0, 0.1) is 0 Å². The minimum atomic E-state index is -4.51. The van der Waals surface area contributed by atoms with Gasteiger partial charge in [-0.15, -0.1) is 0 Å². The molecular weight excluding hydrogens is 485 g/mol. The van der Waals surface area contributed by atoms with Crippen LogP contribution in [0.3, 0.4) is 0 Å². The molecule has 9 nitrogen and oxygen atoms in total. The van der Waals surface area contributed by atoms with Gasteiger partial charge in [0.1, 0.15) is 5.82 Å². The number of aromatic nitrogens is 4. The number of fused-ring (bicyclic) bond motifs is 1. The third-order valence-electron chi connectivity index (χ3n) is 5.70. The van der Waals surface area contributed by atoms with Gasteiger partial charge in [0.15, 0.2) is 5.96 Å². The van der Waals surface area contributed by atoms with Crippen LogP contribution in [0.4, 0.5) is 19.0 Å². The van der Waals surface area contributed by atoms with Crippen molar-refractivity contribution >= 4 is 28.7 Å².